The number of fused-ring (bicyclic) bond motifs is 5. The Morgan fingerprint density at radius 3 is 2.72 bits per heavy atom. The van der Waals surface area contributed by atoms with Crippen LogP contribution in [0.25, 0.3) is 0 Å². The number of aliphatic carboxylic acids is 1. The second kappa shape index (κ2) is 5.67. The summed E-state index contributed by atoms with van der Waals surface area (Å²) in [6.45, 7) is 4.53. The van der Waals surface area contributed by atoms with E-state index in [1.54, 1.807) is 0 Å². The van der Waals surface area contributed by atoms with Crippen molar-refractivity contribution in [3.63, 3.8) is 0 Å². The fourth-order valence-corrected chi connectivity index (χ4v) is 7.25. The molecule has 0 spiro atoms. The van der Waals surface area contributed by atoms with E-state index in [9.17, 15) is 19.8 Å². The van der Waals surface area contributed by atoms with Crippen molar-refractivity contribution in [3.05, 3.63) is 11.6 Å². The average molecular weight is 346 g/mol. The van der Waals surface area contributed by atoms with Crippen molar-refractivity contribution in [2.24, 2.45) is 34.5 Å². The minimum Gasteiger partial charge on any atom is -0.481 e. The third kappa shape index (κ3) is 2.43. The molecule has 7 unspecified atom stereocenters. The fourth-order valence-electron chi connectivity index (χ4n) is 7.25. The summed E-state index contributed by atoms with van der Waals surface area (Å²) in [6, 6.07) is 0. The number of carbonyl (C=O) groups excluding carboxylic acids is 1. The van der Waals surface area contributed by atoms with Gasteiger partial charge in [0.15, 0.2) is 5.78 Å². The number of carboxylic acid groups (broad SMARTS) is 1. The first-order valence-corrected chi connectivity index (χ1v) is 9.89. The topological polar surface area (TPSA) is 74.6 Å². The summed E-state index contributed by atoms with van der Waals surface area (Å²) in [5.41, 5.74) is 1.30. The monoisotopic (exact) mass is 346 g/mol. The Hall–Kier alpha value is -1.16. The largest absolute Gasteiger partial charge is 0.481 e. The van der Waals surface area contributed by atoms with E-state index >= 15 is 0 Å². The predicted molar refractivity (Wildman–Crippen MR) is 93.8 cm³/mol. The molecule has 4 nitrogen and oxygen atoms in total. The molecule has 0 saturated heterocycles. The molecule has 0 aliphatic heterocycles. The number of aliphatic hydroxyl groups excluding tert-OH is 1. The molecule has 138 valence electrons. The van der Waals surface area contributed by atoms with Crippen LogP contribution in [0.5, 0.6) is 0 Å². The number of hydrogen-bond donors (Lipinski definition) is 2. The van der Waals surface area contributed by atoms with Gasteiger partial charge in [-0.25, -0.2) is 0 Å². The van der Waals surface area contributed by atoms with Gasteiger partial charge in [-0.1, -0.05) is 19.4 Å². The Balaban J connectivity index is 1.69. The lowest BCUT2D eigenvalue weighted by Gasteiger charge is -2.58. The number of carboxylic acids is 1. The predicted octanol–water partition coefficient (Wildman–Crippen LogP) is 3.58. The molecule has 4 rings (SSSR count). The SMILES string of the molecule is CC12CCC(=O)C=C1CCC1C2CCC2(C)C(O)CC(CC(=O)O)C12. The van der Waals surface area contributed by atoms with Crippen molar-refractivity contribution in [1.82, 2.24) is 0 Å². The van der Waals surface area contributed by atoms with Gasteiger partial charge in [0.1, 0.15) is 0 Å². The molecule has 0 heterocycles. The van der Waals surface area contributed by atoms with Gasteiger partial charge in [0.05, 0.1) is 6.10 Å². The molecule has 3 fully saturated rings. The molecule has 0 radical (unpaired) electrons. The molecule has 7 atom stereocenters. The Bertz CT molecular complexity index is 638. The number of allylic oxidation sites excluding steroid dienone is 1. The fraction of sp³-hybridized carbons (Fsp3) is 0.810. The van der Waals surface area contributed by atoms with Gasteiger partial charge in [-0.15, -0.1) is 0 Å². The van der Waals surface area contributed by atoms with Crippen LogP contribution in [0.2, 0.25) is 0 Å². The second-order valence-corrected chi connectivity index (χ2v) is 9.54. The summed E-state index contributed by atoms with van der Waals surface area (Å²) in [5.74, 6) is 0.926. The first-order chi connectivity index (χ1) is 11.8. The summed E-state index contributed by atoms with van der Waals surface area (Å²) in [5, 5.41) is 20.1. The van der Waals surface area contributed by atoms with Gasteiger partial charge in [0, 0.05) is 12.8 Å². The highest BCUT2D eigenvalue weighted by atomic mass is 16.4. The Kier molecular flexibility index (Phi) is 3.91. The quantitative estimate of drug-likeness (QED) is 0.801. The summed E-state index contributed by atoms with van der Waals surface area (Å²) < 4.78 is 0. The maximum Gasteiger partial charge on any atom is 0.303 e. The van der Waals surface area contributed by atoms with E-state index in [2.05, 4.69) is 13.8 Å². The van der Waals surface area contributed by atoms with Crippen LogP contribution in [-0.4, -0.2) is 28.1 Å². The first-order valence-electron chi connectivity index (χ1n) is 9.89. The lowest BCUT2D eigenvalue weighted by Crippen LogP contribution is -2.52. The maximum atomic E-state index is 11.9. The van der Waals surface area contributed by atoms with Crippen LogP contribution in [0, 0.1) is 34.5 Å². The Morgan fingerprint density at radius 1 is 1.24 bits per heavy atom. The lowest BCUT2D eigenvalue weighted by molar-refractivity contribution is -0.140. The number of ketones is 1. The van der Waals surface area contributed by atoms with E-state index in [1.807, 2.05) is 6.08 Å². The van der Waals surface area contributed by atoms with E-state index in [1.165, 1.54) is 5.57 Å². The number of rotatable bonds is 2. The summed E-state index contributed by atoms with van der Waals surface area (Å²) in [6.07, 6.45) is 8.01. The molecule has 4 aliphatic carbocycles. The molecule has 0 aromatic carbocycles. The molecule has 25 heavy (non-hydrogen) atoms. The highest BCUT2D eigenvalue weighted by Crippen LogP contribution is 2.66. The van der Waals surface area contributed by atoms with Crippen LogP contribution >= 0.6 is 0 Å². The van der Waals surface area contributed by atoms with Gasteiger partial charge in [-0.3, -0.25) is 9.59 Å². The van der Waals surface area contributed by atoms with Gasteiger partial charge in [-0.2, -0.15) is 0 Å². The summed E-state index contributed by atoms with van der Waals surface area (Å²) in [4.78, 5) is 23.3. The highest BCUT2D eigenvalue weighted by molar-refractivity contribution is 5.91. The van der Waals surface area contributed by atoms with Crippen LogP contribution < -0.4 is 0 Å². The van der Waals surface area contributed by atoms with Crippen LogP contribution in [-0.2, 0) is 9.59 Å². The van der Waals surface area contributed by atoms with Crippen molar-refractivity contribution in [3.8, 4) is 0 Å². The van der Waals surface area contributed by atoms with E-state index < -0.39 is 5.97 Å². The van der Waals surface area contributed by atoms with E-state index in [4.69, 9.17) is 0 Å². The Labute approximate surface area is 149 Å². The molecular formula is C21H30O4. The van der Waals surface area contributed by atoms with Crippen LogP contribution in [0.15, 0.2) is 11.6 Å². The van der Waals surface area contributed by atoms with E-state index in [0.717, 1.165) is 32.1 Å². The van der Waals surface area contributed by atoms with Crippen molar-refractivity contribution >= 4 is 11.8 Å². The smallest absolute Gasteiger partial charge is 0.303 e. The zero-order valence-electron chi connectivity index (χ0n) is 15.3. The van der Waals surface area contributed by atoms with Crippen LogP contribution in [0.3, 0.4) is 0 Å². The first kappa shape index (κ1) is 17.3. The minimum absolute atomic E-state index is 0.0876. The normalized spacial score (nSPS) is 49.0. The molecule has 2 N–H and O–H groups in total. The molecule has 0 amide bonds. The van der Waals surface area contributed by atoms with Crippen LogP contribution in [0.1, 0.15) is 65.2 Å². The summed E-state index contributed by atoms with van der Waals surface area (Å²) >= 11 is 0. The lowest BCUT2D eigenvalue weighted by atomic mass is 9.46. The molecule has 0 aromatic heterocycles. The molecule has 0 aromatic rings. The van der Waals surface area contributed by atoms with Crippen molar-refractivity contribution in [1.29, 1.82) is 0 Å². The van der Waals surface area contributed by atoms with E-state index in [0.29, 0.717) is 30.6 Å². The van der Waals surface area contributed by atoms with Gasteiger partial charge in [-0.05, 0) is 79.1 Å². The standard InChI is InChI=1S/C21H30O4/c1-20-7-5-14(22)11-13(20)3-4-15-16(20)6-8-21(2)17(23)9-12(19(15)21)10-18(24)25/h11-12,15-17,19,23H,3-10H2,1-2H3,(H,24,25). The van der Waals surface area contributed by atoms with Crippen molar-refractivity contribution in [2.45, 2.75) is 71.3 Å². The molecule has 3 saturated carbocycles. The molecule has 4 heteroatoms. The molecule has 4 aliphatic rings. The highest BCUT2D eigenvalue weighted by Gasteiger charge is 2.61. The molecule has 0 bridgehead atoms. The second-order valence-electron chi connectivity index (χ2n) is 9.54. The van der Waals surface area contributed by atoms with Gasteiger partial charge in [0.25, 0.3) is 0 Å². The van der Waals surface area contributed by atoms with E-state index in [-0.39, 0.29) is 35.1 Å². The third-order valence-electron chi connectivity index (χ3n) is 8.49. The van der Waals surface area contributed by atoms with Gasteiger partial charge < -0.3 is 10.2 Å². The third-order valence-corrected chi connectivity index (χ3v) is 8.49. The van der Waals surface area contributed by atoms with Crippen molar-refractivity contribution < 1.29 is 19.8 Å². The number of carbonyl (C=O) groups is 2. The summed E-state index contributed by atoms with van der Waals surface area (Å²) in [7, 11) is 0. The Morgan fingerprint density at radius 2 is 2.00 bits per heavy atom. The van der Waals surface area contributed by atoms with Gasteiger partial charge in [0.2, 0.25) is 0 Å². The number of hydrogen-bond acceptors (Lipinski definition) is 3. The maximum absolute atomic E-state index is 11.9. The zero-order valence-corrected chi connectivity index (χ0v) is 15.3. The zero-order chi connectivity index (χ0) is 18.0. The minimum atomic E-state index is -0.741. The van der Waals surface area contributed by atoms with Crippen LogP contribution in [0.4, 0.5) is 0 Å². The van der Waals surface area contributed by atoms with Gasteiger partial charge >= 0.3 is 5.97 Å². The average Bonchev–Trinajstić information content (AvgIpc) is 2.78. The van der Waals surface area contributed by atoms with Crippen molar-refractivity contribution in [2.75, 3.05) is 0 Å². The number of aliphatic hydroxyl groups is 1. The molecular weight excluding hydrogens is 316 g/mol.